The third-order valence-corrected chi connectivity index (χ3v) is 6.82. The number of carbonyl (C=O) groups is 2. The summed E-state index contributed by atoms with van der Waals surface area (Å²) in [5.41, 5.74) is 5.50. The minimum atomic E-state index is -0.935. The lowest BCUT2D eigenvalue weighted by atomic mass is 9.89. The third kappa shape index (κ3) is 4.51. The van der Waals surface area contributed by atoms with E-state index in [1.165, 1.54) is 6.07 Å². The first-order chi connectivity index (χ1) is 16.9. The molecule has 2 aliphatic heterocycles. The summed E-state index contributed by atoms with van der Waals surface area (Å²) in [4.78, 5) is 26.3. The topological polar surface area (TPSA) is 76.1 Å². The van der Waals surface area contributed by atoms with Crippen molar-refractivity contribution in [1.29, 1.82) is 0 Å². The van der Waals surface area contributed by atoms with E-state index in [0.29, 0.717) is 42.0 Å². The molecule has 1 amide bonds. The highest BCUT2D eigenvalue weighted by Crippen LogP contribution is 2.39. The summed E-state index contributed by atoms with van der Waals surface area (Å²) in [6, 6.07) is 16.2. The summed E-state index contributed by atoms with van der Waals surface area (Å²) < 4.78 is 26.2. The molecule has 3 aromatic rings. The van der Waals surface area contributed by atoms with E-state index >= 15 is 0 Å². The summed E-state index contributed by atoms with van der Waals surface area (Å²) in [7, 11) is 1.54. The van der Waals surface area contributed by atoms with Crippen molar-refractivity contribution in [3.8, 4) is 16.9 Å². The Hall–Kier alpha value is -3.71. The van der Waals surface area contributed by atoms with Crippen molar-refractivity contribution in [1.82, 2.24) is 4.90 Å². The van der Waals surface area contributed by atoms with Crippen LogP contribution in [0.5, 0.6) is 5.75 Å². The fourth-order valence-corrected chi connectivity index (χ4v) is 5.06. The van der Waals surface area contributed by atoms with Gasteiger partial charge in [-0.3, -0.25) is 9.59 Å². The zero-order valence-electron chi connectivity index (χ0n) is 19.4. The molecule has 3 aromatic carbocycles. The van der Waals surface area contributed by atoms with Crippen LogP contribution in [0.25, 0.3) is 11.1 Å². The molecule has 7 heteroatoms. The molecule has 0 radical (unpaired) electrons. The molecule has 0 bridgehead atoms. The van der Waals surface area contributed by atoms with Gasteiger partial charge in [-0.05, 0) is 58.0 Å². The minimum absolute atomic E-state index is 0.0424. The van der Waals surface area contributed by atoms with Crippen LogP contribution < -0.4 is 4.74 Å². The standard InChI is InChI=1S/C28H26FNO5/c1-34-25-9-6-17(13-28(32)33)12-22(25)20-7-8-24(29)21-10-11-30(15-23(20)21)27(31)14-26-19-5-3-2-4-18(19)16-35-26/h2-9,12,26H,10-11,13-16H2,1H3,(H,32,33). The molecule has 5 rings (SSSR count). The van der Waals surface area contributed by atoms with Crippen LogP contribution in [0.3, 0.4) is 0 Å². The van der Waals surface area contributed by atoms with Gasteiger partial charge in [-0.15, -0.1) is 0 Å². The molecular weight excluding hydrogens is 449 g/mol. The van der Waals surface area contributed by atoms with Crippen LogP contribution in [0.4, 0.5) is 4.39 Å². The van der Waals surface area contributed by atoms with Crippen molar-refractivity contribution in [2.45, 2.75) is 38.5 Å². The summed E-state index contributed by atoms with van der Waals surface area (Å²) in [5, 5.41) is 9.22. The molecular formula is C28H26FNO5. The molecule has 6 nitrogen and oxygen atoms in total. The van der Waals surface area contributed by atoms with Gasteiger partial charge in [0.1, 0.15) is 11.6 Å². The second-order valence-corrected chi connectivity index (χ2v) is 8.93. The zero-order valence-corrected chi connectivity index (χ0v) is 19.4. The Morgan fingerprint density at radius 1 is 1.11 bits per heavy atom. The van der Waals surface area contributed by atoms with Crippen LogP contribution in [0.2, 0.25) is 0 Å². The van der Waals surface area contributed by atoms with E-state index in [-0.39, 0.29) is 37.2 Å². The predicted molar refractivity (Wildman–Crippen MR) is 127 cm³/mol. The number of halogens is 1. The number of hydrogen-bond donors (Lipinski definition) is 1. The number of carbonyl (C=O) groups excluding carboxylic acids is 1. The average Bonchev–Trinajstić information content (AvgIpc) is 3.26. The number of rotatable bonds is 6. The number of hydrogen-bond acceptors (Lipinski definition) is 4. The van der Waals surface area contributed by atoms with Crippen molar-refractivity contribution in [2.75, 3.05) is 13.7 Å². The molecule has 35 heavy (non-hydrogen) atoms. The molecule has 1 N–H and O–H groups in total. The Labute approximate surface area is 202 Å². The molecule has 2 heterocycles. The van der Waals surface area contributed by atoms with Gasteiger partial charge in [0.2, 0.25) is 5.91 Å². The Kier molecular flexibility index (Phi) is 6.26. The number of nitrogens with zero attached hydrogens (tertiary/aromatic N) is 1. The van der Waals surface area contributed by atoms with E-state index in [1.54, 1.807) is 36.3 Å². The van der Waals surface area contributed by atoms with Crippen LogP contribution in [-0.4, -0.2) is 35.5 Å². The molecule has 0 aliphatic carbocycles. The van der Waals surface area contributed by atoms with E-state index in [0.717, 1.165) is 22.3 Å². The number of methoxy groups -OCH3 is 1. The lowest BCUT2D eigenvalue weighted by molar-refractivity contribution is -0.136. The highest BCUT2D eigenvalue weighted by Gasteiger charge is 2.30. The maximum absolute atomic E-state index is 14.8. The van der Waals surface area contributed by atoms with Gasteiger partial charge in [0.15, 0.2) is 0 Å². The van der Waals surface area contributed by atoms with Gasteiger partial charge in [0.25, 0.3) is 0 Å². The van der Waals surface area contributed by atoms with E-state index in [1.807, 2.05) is 24.3 Å². The molecule has 0 saturated heterocycles. The van der Waals surface area contributed by atoms with Gasteiger partial charge in [-0.25, -0.2) is 4.39 Å². The van der Waals surface area contributed by atoms with Crippen LogP contribution in [-0.2, 0) is 40.3 Å². The Balaban J connectivity index is 1.45. The van der Waals surface area contributed by atoms with E-state index < -0.39 is 5.97 Å². The fourth-order valence-electron chi connectivity index (χ4n) is 5.06. The van der Waals surface area contributed by atoms with E-state index in [4.69, 9.17) is 9.47 Å². The minimum Gasteiger partial charge on any atom is -0.496 e. The van der Waals surface area contributed by atoms with Gasteiger partial charge in [-0.1, -0.05) is 36.4 Å². The molecule has 180 valence electrons. The summed E-state index contributed by atoms with van der Waals surface area (Å²) in [6.07, 6.45) is 0.224. The van der Waals surface area contributed by atoms with E-state index in [2.05, 4.69) is 0 Å². The lowest BCUT2D eigenvalue weighted by Crippen LogP contribution is -2.37. The second-order valence-electron chi connectivity index (χ2n) is 8.93. The first kappa shape index (κ1) is 23.1. The number of benzene rings is 3. The molecule has 0 fully saturated rings. The van der Waals surface area contributed by atoms with Crippen molar-refractivity contribution >= 4 is 11.9 Å². The first-order valence-corrected chi connectivity index (χ1v) is 11.6. The van der Waals surface area contributed by atoms with Crippen LogP contribution in [0, 0.1) is 5.82 Å². The Bertz CT molecular complexity index is 1300. The number of amides is 1. The van der Waals surface area contributed by atoms with Gasteiger partial charge < -0.3 is 19.5 Å². The average molecular weight is 476 g/mol. The monoisotopic (exact) mass is 475 g/mol. The molecule has 1 unspecified atom stereocenters. The smallest absolute Gasteiger partial charge is 0.307 e. The summed E-state index contributed by atoms with van der Waals surface area (Å²) >= 11 is 0. The lowest BCUT2D eigenvalue weighted by Gasteiger charge is -2.32. The van der Waals surface area contributed by atoms with Crippen molar-refractivity contribution in [3.05, 3.63) is 88.2 Å². The highest BCUT2D eigenvalue weighted by molar-refractivity contribution is 5.80. The van der Waals surface area contributed by atoms with Gasteiger partial charge in [0.05, 0.1) is 32.7 Å². The molecule has 2 aliphatic rings. The van der Waals surface area contributed by atoms with Crippen molar-refractivity contribution in [3.63, 3.8) is 0 Å². The van der Waals surface area contributed by atoms with Crippen LogP contribution in [0.15, 0.2) is 54.6 Å². The van der Waals surface area contributed by atoms with Crippen molar-refractivity contribution < 1.29 is 28.6 Å². The normalized spacial score (nSPS) is 16.5. The number of fused-ring (bicyclic) bond motifs is 2. The molecule has 0 spiro atoms. The number of aliphatic carboxylic acids is 1. The maximum atomic E-state index is 14.8. The fraction of sp³-hybridized carbons (Fsp3) is 0.286. The zero-order chi connectivity index (χ0) is 24.5. The predicted octanol–water partition coefficient (Wildman–Crippen LogP) is 4.67. The molecule has 1 atom stereocenters. The maximum Gasteiger partial charge on any atom is 0.307 e. The van der Waals surface area contributed by atoms with Crippen LogP contribution in [0.1, 0.15) is 40.3 Å². The SMILES string of the molecule is COc1ccc(CC(=O)O)cc1-c1ccc(F)c2c1CN(C(=O)CC1OCc3ccccc31)CC2. The molecule has 0 saturated carbocycles. The Morgan fingerprint density at radius 2 is 1.94 bits per heavy atom. The number of ether oxygens (including phenoxy) is 2. The van der Waals surface area contributed by atoms with Gasteiger partial charge >= 0.3 is 5.97 Å². The quantitative estimate of drug-likeness (QED) is 0.561. The van der Waals surface area contributed by atoms with Crippen molar-refractivity contribution in [2.24, 2.45) is 0 Å². The second kappa shape index (κ2) is 9.50. The van der Waals surface area contributed by atoms with Gasteiger partial charge in [0, 0.05) is 18.7 Å². The summed E-state index contributed by atoms with van der Waals surface area (Å²) in [5.74, 6) is -0.717. The van der Waals surface area contributed by atoms with Crippen LogP contribution >= 0.6 is 0 Å². The number of carboxylic acid groups (broad SMARTS) is 1. The largest absolute Gasteiger partial charge is 0.496 e. The third-order valence-electron chi connectivity index (χ3n) is 6.82. The number of carboxylic acids is 1. The highest BCUT2D eigenvalue weighted by atomic mass is 19.1. The molecule has 0 aromatic heterocycles. The van der Waals surface area contributed by atoms with Gasteiger partial charge in [-0.2, -0.15) is 0 Å². The Morgan fingerprint density at radius 3 is 2.74 bits per heavy atom. The summed E-state index contributed by atoms with van der Waals surface area (Å²) in [6.45, 7) is 1.19. The van der Waals surface area contributed by atoms with E-state index in [9.17, 15) is 19.1 Å². The first-order valence-electron chi connectivity index (χ1n) is 11.6.